The fraction of sp³-hybridized carbons (Fsp3) is 0.400. The van der Waals surface area contributed by atoms with Gasteiger partial charge in [0, 0.05) is 10.6 Å². The Morgan fingerprint density at radius 3 is 2.88 bits per heavy atom. The van der Waals surface area contributed by atoms with Crippen molar-refractivity contribution in [3.63, 3.8) is 0 Å². The molecule has 0 saturated carbocycles. The summed E-state index contributed by atoms with van der Waals surface area (Å²) >= 11 is 5.89. The van der Waals surface area contributed by atoms with Crippen molar-refractivity contribution in [3.8, 4) is 5.75 Å². The van der Waals surface area contributed by atoms with E-state index >= 15 is 0 Å². The maximum atomic E-state index is 13.6. The van der Waals surface area contributed by atoms with Crippen molar-refractivity contribution >= 4 is 17.3 Å². The summed E-state index contributed by atoms with van der Waals surface area (Å²) in [6, 6.07) is 4.54. The Morgan fingerprint density at radius 1 is 1.59 bits per heavy atom. The summed E-state index contributed by atoms with van der Waals surface area (Å²) in [6.45, 7) is -0.0174. The van der Waals surface area contributed by atoms with E-state index in [1.165, 1.54) is 12.1 Å². The van der Waals surface area contributed by atoms with Crippen LogP contribution in [-0.2, 0) is 4.74 Å². The smallest absolute Gasteiger partial charge is 0.190 e. The second-order valence-corrected chi connectivity index (χ2v) is 4.14. The summed E-state index contributed by atoms with van der Waals surface area (Å²) in [5.74, 6) is 0.354. The molecule has 0 bridgehead atoms. The maximum absolute atomic E-state index is 13.6. The third kappa shape index (κ3) is 2.79. The van der Waals surface area contributed by atoms with Crippen LogP contribution in [-0.4, -0.2) is 25.5 Å². The molecule has 1 aromatic rings. The monoisotopic (exact) mass is 257 g/mol. The maximum Gasteiger partial charge on any atom is 0.190 e. The molecule has 7 heteroatoms. The molecule has 0 amide bonds. The Labute approximate surface area is 102 Å². The molecule has 1 aromatic carbocycles. The quantitative estimate of drug-likeness (QED) is 0.471. The van der Waals surface area contributed by atoms with Crippen molar-refractivity contribution in [2.75, 3.05) is 19.8 Å². The van der Waals surface area contributed by atoms with Gasteiger partial charge in [0.1, 0.15) is 12.4 Å². The highest BCUT2D eigenvalue weighted by molar-refractivity contribution is 6.32. The first-order valence-electron chi connectivity index (χ1n) is 4.87. The lowest BCUT2D eigenvalue weighted by atomic mass is 10.1. The van der Waals surface area contributed by atoms with E-state index in [-0.39, 0.29) is 24.8 Å². The van der Waals surface area contributed by atoms with Crippen molar-refractivity contribution in [1.29, 1.82) is 0 Å². The van der Waals surface area contributed by atoms with Crippen LogP contribution >= 0.6 is 11.6 Å². The Kier molecular flexibility index (Phi) is 3.38. The first kappa shape index (κ1) is 12.0. The van der Waals surface area contributed by atoms with Gasteiger partial charge in [-0.25, -0.2) is 4.39 Å². The van der Waals surface area contributed by atoms with Gasteiger partial charge in [0.2, 0.25) is 0 Å². The van der Waals surface area contributed by atoms with Crippen molar-refractivity contribution in [1.82, 2.24) is 0 Å². The van der Waals surface area contributed by atoms with Gasteiger partial charge in [0.25, 0.3) is 0 Å². The Morgan fingerprint density at radius 2 is 2.35 bits per heavy atom. The second-order valence-electron chi connectivity index (χ2n) is 3.74. The Hall–Kier alpha value is -1.49. The van der Waals surface area contributed by atoms with Crippen LogP contribution in [0.1, 0.15) is 0 Å². The molecule has 90 valence electrons. The lowest BCUT2D eigenvalue weighted by Crippen LogP contribution is -2.50. The highest BCUT2D eigenvalue weighted by Gasteiger charge is 2.39. The van der Waals surface area contributed by atoms with Gasteiger partial charge in [-0.05, 0) is 23.7 Å². The topological polar surface area (TPSA) is 67.2 Å². The van der Waals surface area contributed by atoms with E-state index in [0.29, 0.717) is 11.4 Å². The average molecular weight is 258 g/mol. The lowest BCUT2D eigenvalue weighted by molar-refractivity contribution is -0.146. The van der Waals surface area contributed by atoms with Gasteiger partial charge in [-0.2, -0.15) is 0 Å². The van der Waals surface area contributed by atoms with Crippen molar-refractivity contribution in [3.05, 3.63) is 33.7 Å². The third-order valence-electron chi connectivity index (χ3n) is 2.28. The van der Waals surface area contributed by atoms with Crippen LogP contribution in [0, 0.1) is 0 Å². The molecule has 0 N–H and O–H groups in total. The zero-order chi connectivity index (χ0) is 12.3. The molecule has 1 saturated heterocycles. The molecule has 0 aromatic heterocycles. The van der Waals surface area contributed by atoms with Gasteiger partial charge in [-0.15, -0.1) is 0 Å². The van der Waals surface area contributed by atoms with Crippen LogP contribution in [0.15, 0.2) is 23.3 Å². The highest BCUT2D eigenvalue weighted by atomic mass is 35.5. The summed E-state index contributed by atoms with van der Waals surface area (Å²) in [5, 5.41) is 3.67. The number of azide groups is 1. The van der Waals surface area contributed by atoms with Gasteiger partial charge in [-0.3, -0.25) is 0 Å². The summed E-state index contributed by atoms with van der Waals surface area (Å²) in [6.07, 6.45) is 0. The molecule has 1 heterocycles. The van der Waals surface area contributed by atoms with Gasteiger partial charge in [0.15, 0.2) is 5.67 Å². The van der Waals surface area contributed by atoms with E-state index in [0.717, 1.165) is 0 Å². The molecular formula is C10H9ClFN3O2. The van der Waals surface area contributed by atoms with Gasteiger partial charge >= 0.3 is 0 Å². The van der Waals surface area contributed by atoms with Crippen molar-refractivity contribution in [2.45, 2.75) is 5.67 Å². The Bertz CT molecular complexity index is 473. The van der Waals surface area contributed by atoms with Crippen molar-refractivity contribution < 1.29 is 13.9 Å². The molecule has 5 nitrogen and oxygen atoms in total. The molecule has 2 rings (SSSR count). The fourth-order valence-corrected chi connectivity index (χ4v) is 1.56. The number of hydrogen-bond acceptors (Lipinski definition) is 3. The zero-order valence-electron chi connectivity index (χ0n) is 8.77. The van der Waals surface area contributed by atoms with Crippen LogP contribution in [0.25, 0.3) is 10.4 Å². The van der Waals surface area contributed by atoms with E-state index in [1.807, 2.05) is 0 Å². The second kappa shape index (κ2) is 4.79. The third-order valence-corrected chi connectivity index (χ3v) is 2.58. The molecule has 0 radical (unpaired) electrons. The highest BCUT2D eigenvalue weighted by Crippen LogP contribution is 2.31. The molecule has 0 aliphatic carbocycles. The van der Waals surface area contributed by atoms with Crippen LogP contribution < -0.4 is 4.74 Å². The zero-order valence-corrected chi connectivity index (χ0v) is 9.52. The number of rotatable bonds is 4. The minimum Gasteiger partial charge on any atom is -0.488 e. The Balaban J connectivity index is 2.03. The summed E-state index contributed by atoms with van der Waals surface area (Å²) < 4.78 is 23.6. The number of ether oxygens (including phenoxy) is 2. The van der Waals surface area contributed by atoms with E-state index in [1.54, 1.807) is 6.07 Å². The average Bonchev–Trinajstić information content (AvgIpc) is 2.26. The molecule has 0 atom stereocenters. The molecule has 1 fully saturated rings. The van der Waals surface area contributed by atoms with E-state index < -0.39 is 5.67 Å². The number of alkyl halides is 1. The van der Waals surface area contributed by atoms with Gasteiger partial charge in [0.05, 0.1) is 18.2 Å². The molecule has 1 aliphatic heterocycles. The fourth-order valence-electron chi connectivity index (χ4n) is 1.33. The van der Waals surface area contributed by atoms with E-state index in [4.69, 9.17) is 26.6 Å². The number of benzene rings is 1. The normalized spacial score (nSPS) is 16.8. The summed E-state index contributed by atoms with van der Waals surface area (Å²) in [5.41, 5.74) is 7.21. The standard InChI is InChI=1S/C10H9ClFN3O2/c11-8-3-7(14-15-13)1-2-9(8)17-6-10(12)4-16-5-10/h1-3H,4-6H2. The van der Waals surface area contributed by atoms with Gasteiger partial charge in [-0.1, -0.05) is 16.7 Å². The number of nitrogens with zero attached hydrogens (tertiary/aromatic N) is 3. The van der Waals surface area contributed by atoms with Crippen LogP contribution in [0.2, 0.25) is 5.02 Å². The molecular weight excluding hydrogens is 249 g/mol. The van der Waals surface area contributed by atoms with Crippen LogP contribution in [0.4, 0.5) is 10.1 Å². The van der Waals surface area contributed by atoms with Crippen LogP contribution in [0.3, 0.4) is 0 Å². The molecule has 1 aliphatic rings. The molecule has 0 spiro atoms. The molecule has 0 unspecified atom stereocenters. The van der Waals surface area contributed by atoms with Gasteiger partial charge < -0.3 is 9.47 Å². The molecule has 17 heavy (non-hydrogen) atoms. The predicted molar refractivity (Wildman–Crippen MR) is 60.4 cm³/mol. The predicted octanol–water partition coefficient (Wildman–Crippen LogP) is 3.40. The van der Waals surface area contributed by atoms with Crippen molar-refractivity contribution in [2.24, 2.45) is 5.11 Å². The first-order valence-corrected chi connectivity index (χ1v) is 5.25. The van der Waals surface area contributed by atoms with E-state index in [2.05, 4.69) is 10.0 Å². The number of hydrogen-bond donors (Lipinski definition) is 0. The SMILES string of the molecule is [N-]=[N+]=Nc1ccc(OCC2(F)COC2)c(Cl)c1. The summed E-state index contributed by atoms with van der Waals surface area (Å²) in [7, 11) is 0. The minimum absolute atomic E-state index is 0.0431. The summed E-state index contributed by atoms with van der Waals surface area (Å²) in [4.78, 5) is 2.63. The van der Waals surface area contributed by atoms with Crippen LogP contribution in [0.5, 0.6) is 5.75 Å². The first-order chi connectivity index (χ1) is 8.13. The largest absolute Gasteiger partial charge is 0.488 e. The number of halogens is 2. The van der Waals surface area contributed by atoms with E-state index in [9.17, 15) is 4.39 Å². The minimum atomic E-state index is -1.42. The lowest BCUT2D eigenvalue weighted by Gasteiger charge is -2.33.